The molecule has 2 atom stereocenters. The van der Waals surface area contributed by atoms with Crippen molar-refractivity contribution in [3.05, 3.63) is 35.9 Å². The van der Waals surface area contributed by atoms with Crippen LogP contribution in [-0.4, -0.2) is 45.2 Å². The molecule has 1 fully saturated rings. The fourth-order valence-corrected chi connectivity index (χ4v) is 2.39. The number of rotatable bonds is 4. The van der Waals surface area contributed by atoms with E-state index >= 15 is 0 Å². The highest BCUT2D eigenvalue weighted by molar-refractivity contribution is 5.85. The maximum atomic E-state index is 11.2. The summed E-state index contributed by atoms with van der Waals surface area (Å²) >= 11 is 0. The van der Waals surface area contributed by atoms with Crippen LogP contribution >= 0.6 is 12.4 Å². The van der Waals surface area contributed by atoms with Crippen molar-refractivity contribution >= 4 is 24.3 Å². The Balaban J connectivity index is 0.00000141. The molecule has 0 unspecified atom stereocenters. The van der Waals surface area contributed by atoms with Crippen LogP contribution in [0, 0.1) is 0 Å². The smallest absolute Gasteiger partial charge is 0.325 e. The second-order valence-corrected chi connectivity index (χ2v) is 4.91. The normalized spacial score (nSPS) is 23.9. The zero-order valence-electron chi connectivity index (χ0n) is 12.7. The molecule has 0 bridgehead atoms. The Kier molecular flexibility index (Phi) is 8.08. The van der Waals surface area contributed by atoms with Gasteiger partial charge in [0, 0.05) is 19.5 Å². The summed E-state index contributed by atoms with van der Waals surface area (Å²) in [7, 11) is 0. The lowest BCUT2D eigenvalue weighted by atomic mass is 9.98. The van der Waals surface area contributed by atoms with Gasteiger partial charge in [0.15, 0.2) is 0 Å². The molecule has 4 N–H and O–H groups in total. The molecule has 1 aromatic carbocycles. The summed E-state index contributed by atoms with van der Waals surface area (Å²) in [6.45, 7) is 4.41. The molecule has 0 radical (unpaired) electrons. The lowest BCUT2D eigenvalue weighted by Gasteiger charge is -2.21. The highest BCUT2D eigenvalue weighted by atomic mass is 35.5. The van der Waals surface area contributed by atoms with Gasteiger partial charge in [0.2, 0.25) is 0 Å². The maximum absolute atomic E-state index is 11.2. The van der Waals surface area contributed by atoms with Crippen LogP contribution in [-0.2, 0) is 16.1 Å². The number of hydrogen-bond acceptors (Lipinski definition) is 4. The molecule has 0 amide bonds. The SMILES string of the molecule is CC.Cl.N[C@@]1(C(=O)O)C[C@@H](C(=O)O)N(Cc2ccccc2)C1. The van der Waals surface area contributed by atoms with Gasteiger partial charge in [0.05, 0.1) is 0 Å². The Bertz CT molecular complexity index is 498. The van der Waals surface area contributed by atoms with E-state index in [9.17, 15) is 14.7 Å². The molecule has 1 saturated heterocycles. The van der Waals surface area contributed by atoms with Gasteiger partial charge in [0.25, 0.3) is 0 Å². The number of hydrogen-bond donors (Lipinski definition) is 3. The van der Waals surface area contributed by atoms with Crippen molar-refractivity contribution in [2.45, 2.75) is 38.4 Å². The first-order chi connectivity index (χ1) is 9.92. The molecule has 124 valence electrons. The van der Waals surface area contributed by atoms with Gasteiger partial charge in [-0.05, 0) is 5.56 Å². The monoisotopic (exact) mass is 330 g/mol. The third-order valence-corrected chi connectivity index (χ3v) is 3.42. The van der Waals surface area contributed by atoms with Gasteiger partial charge in [-0.2, -0.15) is 0 Å². The summed E-state index contributed by atoms with van der Waals surface area (Å²) in [5, 5.41) is 18.3. The van der Waals surface area contributed by atoms with Crippen molar-refractivity contribution in [2.24, 2.45) is 5.73 Å². The molecule has 22 heavy (non-hydrogen) atoms. The minimum Gasteiger partial charge on any atom is -0.480 e. The van der Waals surface area contributed by atoms with Gasteiger partial charge in [-0.1, -0.05) is 44.2 Å². The van der Waals surface area contributed by atoms with E-state index in [4.69, 9.17) is 10.8 Å². The molecule has 1 heterocycles. The molecule has 0 aliphatic carbocycles. The van der Waals surface area contributed by atoms with E-state index in [1.54, 1.807) is 4.90 Å². The molecular formula is C15H23ClN2O4. The number of nitrogens with two attached hydrogens (primary N) is 1. The standard InChI is InChI=1S/C13H16N2O4.C2H6.ClH/c14-13(12(18)19)6-10(11(16)17)15(8-13)7-9-4-2-1-3-5-9;1-2;/h1-5,10H,6-8,14H2,(H,16,17)(H,18,19);1-2H3;1H/t10-,13-;;/m0../s1. The predicted molar refractivity (Wildman–Crippen MR) is 86.0 cm³/mol. The molecule has 0 aromatic heterocycles. The van der Waals surface area contributed by atoms with Crippen LogP contribution in [0.1, 0.15) is 25.8 Å². The number of nitrogens with zero attached hydrogens (tertiary/aromatic N) is 1. The van der Waals surface area contributed by atoms with Crippen molar-refractivity contribution in [3.8, 4) is 0 Å². The number of carboxylic acids is 2. The van der Waals surface area contributed by atoms with Crippen molar-refractivity contribution < 1.29 is 19.8 Å². The number of benzene rings is 1. The third kappa shape index (κ3) is 4.69. The van der Waals surface area contributed by atoms with Crippen LogP contribution in [0.4, 0.5) is 0 Å². The van der Waals surface area contributed by atoms with E-state index in [-0.39, 0.29) is 25.4 Å². The van der Waals surface area contributed by atoms with Crippen molar-refractivity contribution in [2.75, 3.05) is 6.54 Å². The molecule has 1 aliphatic heterocycles. The van der Waals surface area contributed by atoms with Gasteiger partial charge >= 0.3 is 11.9 Å². The van der Waals surface area contributed by atoms with E-state index in [1.807, 2.05) is 44.2 Å². The Morgan fingerprint density at radius 1 is 1.27 bits per heavy atom. The zero-order valence-corrected chi connectivity index (χ0v) is 13.5. The van der Waals surface area contributed by atoms with Crippen LogP contribution in [0.2, 0.25) is 0 Å². The first-order valence-corrected chi connectivity index (χ1v) is 6.95. The fraction of sp³-hybridized carbons (Fsp3) is 0.467. The fourth-order valence-electron chi connectivity index (χ4n) is 2.39. The summed E-state index contributed by atoms with van der Waals surface area (Å²) in [6.07, 6.45) is -0.0789. The maximum Gasteiger partial charge on any atom is 0.325 e. The zero-order chi connectivity index (χ0) is 16.0. The van der Waals surface area contributed by atoms with Gasteiger partial charge in [-0.15, -0.1) is 12.4 Å². The minimum atomic E-state index is -1.49. The average molecular weight is 331 g/mol. The second kappa shape index (κ2) is 8.73. The van der Waals surface area contributed by atoms with E-state index in [2.05, 4.69) is 0 Å². The summed E-state index contributed by atoms with van der Waals surface area (Å²) in [5.41, 5.74) is 5.22. The van der Waals surface area contributed by atoms with E-state index in [1.165, 1.54) is 0 Å². The van der Waals surface area contributed by atoms with Gasteiger partial charge in [-0.3, -0.25) is 14.5 Å². The molecule has 6 nitrogen and oxygen atoms in total. The molecule has 0 saturated carbocycles. The van der Waals surface area contributed by atoms with E-state index in [0.717, 1.165) is 5.56 Å². The molecule has 0 spiro atoms. The van der Waals surface area contributed by atoms with Crippen LogP contribution in [0.3, 0.4) is 0 Å². The van der Waals surface area contributed by atoms with Crippen molar-refractivity contribution in [1.29, 1.82) is 0 Å². The Hall–Kier alpha value is -1.63. The highest BCUT2D eigenvalue weighted by Gasteiger charge is 2.49. The third-order valence-electron chi connectivity index (χ3n) is 3.42. The van der Waals surface area contributed by atoms with Crippen LogP contribution in [0.15, 0.2) is 30.3 Å². The summed E-state index contributed by atoms with van der Waals surface area (Å²) in [4.78, 5) is 24.0. The topological polar surface area (TPSA) is 104 Å². The first kappa shape index (κ1) is 20.4. The quantitative estimate of drug-likeness (QED) is 0.774. The summed E-state index contributed by atoms with van der Waals surface area (Å²) in [5.74, 6) is -2.20. The number of carbonyl (C=O) groups is 2. The Morgan fingerprint density at radius 3 is 2.27 bits per heavy atom. The minimum absolute atomic E-state index is 0. The Labute approximate surface area is 136 Å². The summed E-state index contributed by atoms with van der Waals surface area (Å²) < 4.78 is 0. The van der Waals surface area contributed by atoms with Crippen LogP contribution in [0.5, 0.6) is 0 Å². The molecule has 1 aromatic rings. The number of carboxylic acid groups (broad SMARTS) is 2. The van der Waals surface area contributed by atoms with Crippen molar-refractivity contribution in [3.63, 3.8) is 0 Å². The van der Waals surface area contributed by atoms with E-state index < -0.39 is 23.5 Å². The van der Waals surface area contributed by atoms with Gasteiger partial charge < -0.3 is 15.9 Å². The van der Waals surface area contributed by atoms with E-state index in [0.29, 0.717) is 6.54 Å². The largest absolute Gasteiger partial charge is 0.480 e. The molecule has 2 rings (SSSR count). The Morgan fingerprint density at radius 2 is 1.82 bits per heavy atom. The lowest BCUT2D eigenvalue weighted by molar-refractivity contribution is -0.142. The van der Waals surface area contributed by atoms with Crippen LogP contribution < -0.4 is 5.73 Å². The van der Waals surface area contributed by atoms with Crippen LogP contribution in [0.25, 0.3) is 0 Å². The number of halogens is 1. The summed E-state index contributed by atoms with van der Waals surface area (Å²) in [6, 6.07) is 8.46. The number of likely N-dealkylation sites (tertiary alicyclic amines) is 1. The molecular weight excluding hydrogens is 308 g/mol. The number of aliphatic carboxylic acids is 2. The van der Waals surface area contributed by atoms with Gasteiger partial charge in [-0.25, -0.2) is 0 Å². The molecule has 1 aliphatic rings. The predicted octanol–water partition coefficient (Wildman–Crippen LogP) is 1.58. The highest BCUT2D eigenvalue weighted by Crippen LogP contribution is 2.27. The van der Waals surface area contributed by atoms with Crippen molar-refractivity contribution in [1.82, 2.24) is 4.90 Å². The molecule has 7 heteroatoms. The second-order valence-electron chi connectivity index (χ2n) is 4.91. The lowest BCUT2D eigenvalue weighted by Crippen LogP contribution is -2.50. The first-order valence-electron chi connectivity index (χ1n) is 6.95. The average Bonchev–Trinajstić information content (AvgIpc) is 2.81. The van der Waals surface area contributed by atoms with Gasteiger partial charge in [0.1, 0.15) is 11.6 Å².